The van der Waals surface area contributed by atoms with Crippen molar-refractivity contribution in [3.63, 3.8) is 0 Å². The molecule has 20 heavy (non-hydrogen) atoms. The van der Waals surface area contributed by atoms with Gasteiger partial charge in [-0.15, -0.1) is 6.58 Å². The van der Waals surface area contributed by atoms with Crippen LogP contribution in [-0.2, 0) is 0 Å². The lowest BCUT2D eigenvalue weighted by atomic mass is 10.1. The van der Waals surface area contributed by atoms with Crippen molar-refractivity contribution in [2.24, 2.45) is 0 Å². The summed E-state index contributed by atoms with van der Waals surface area (Å²) in [4.78, 5) is 23.4. The van der Waals surface area contributed by atoms with Crippen LogP contribution in [0.2, 0.25) is 0 Å². The smallest absolute Gasteiger partial charge is 0.270 e. The highest BCUT2D eigenvalue weighted by Crippen LogP contribution is 2.22. The average molecular weight is 282 g/mol. The summed E-state index contributed by atoms with van der Waals surface area (Å²) >= 11 is 0. The lowest BCUT2D eigenvalue weighted by Gasteiger charge is -2.20. The van der Waals surface area contributed by atoms with E-state index in [1.54, 1.807) is 0 Å². The molecular formula is C13H15FN2O4. The number of carbonyl (C=O) groups is 1. The number of amides is 1. The molecule has 1 aromatic carbocycles. The summed E-state index contributed by atoms with van der Waals surface area (Å²) in [5.41, 5.74) is -0.716. The summed E-state index contributed by atoms with van der Waals surface area (Å²) < 4.78 is 14.0. The minimum absolute atomic E-state index is 0.00790. The molecule has 0 fully saturated rings. The molecule has 6 nitrogen and oxygen atoms in total. The number of hydrogen-bond donors (Lipinski definition) is 1. The van der Waals surface area contributed by atoms with Gasteiger partial charge in [-0.1, -0.05) is 6.08 Å². The molecule has 1 rings (SSSR count). The van der Waals surface area contributed by atoms with Crippen LogP contribution in [0.1, 0.15) is 15.9 Å². The Hall–Kier alpha value is -2.28. The predicted molar refractivity (Wildman–Crippen MR) is 71.0 cm³/mol. The minimum Gasteiger partial charge on any atom is -0.395 e. The van der Waals surface area contributed by atoms with Crippen molar-refractivity contribution in [2.45, 2.75) is 6.92 Å². The maximum atomic E-state index is 14.0. The Labute approximate surface area is 115 Å². The second-order valence-corrected chi connectivity index (χ2v) is 4.14. The van der Waals surface area contributed by atoms with Crippen LogP contribution >= 0.6 is 0 Å². The normalized spacial score (nSPS) is 10.2. The Bertz CT molecular complexity index is 545. The zero-order chi connectivity index (χ0) is 15.3. The van der Waals surface area contributed by atoms with Crippen LogP contribution in [0.5, 0.6) is 0 Å². The predicted octanol–water partition coefficient (Wildman–Crippen LogP) is 1.66. The van der Waals surface area contributed by atoms with Crippen molar-refractivity contribution < 1.29 is 19.2 Å². The third-order valence-electron chi connectivity index (χ3n) is 2.69. The molecule has 0 spiro atoms. The Morgan fingerprint density at radius 3 is 2.75 bits per heavy atom. The van der Waals surface area contributed by atoms with Crippen LogP contribution in [0.25, 0.3) is 0 Å². The largest absolute Gasteiger partial charge is 0.395 e. The molecule has 0 saturated heterocycles. The van der Waals surface area contributed by atoms with E-state index in [9.17, 15) is 19.3 Å². The van der Waals surface area contributed by atoms with Gasteiger partial charge in [0.15, 0.2) is 0 Å². The monoisotopic (exact) mass is 282 g/mol. The SMILES string of the molecule is C=CCN(CCO)C(=O)c1cc([N+](=O)[O-])cc(C)c1F. The van der Waals surface area contributed by atoms with Crippen molar-refractivity contribution in [2.75, 3.05) is 19.7 Å². The summed E-state index contributed by atoms with van der Waals surface area (Å²) in [6, 6.07) is 1.97. The van der Waals surface area contributed by atoms with Gasteiger partial charge in [0, 0.05) is 25.2 Å². The first-order valence-corrected chi connectivity index (χ1v) is 5.88. The molecular weight excluding hydrogens is 267 g/mol. The lowest BCUT2D eigenvalue weighted by molar-refractivity contribution is -0.385. The van der Waals surface area contributed by atoms with E-state index in [2.05, 4.69) is 6.58 Å². The van der Waals surface area contributed by atoms with E-state index in [1.807, 2.05) is 0 Å². The molecule has 0 aliphatic heterocycles. The molecule has 108 valence electrons. The maximum Gasteiger partial charge on any atom is 0.270 e. The number of non-ortho nitro benzene ring substituents is 1. The Balaban J connectivity index is 3.25. The number of carbonyl (C=O) groups excluding carboxylic acids is 1. The summed E-state index contributed by atoms with van der Waals surface area (Å²) in [5.74, 6) is -1.52. The van der Waals surface area contributed by atoms with Gasteiger partial charge in [0.25, 0.3) is 11.6 Å². The summed E-state index contributed by atoms with van der Waals surface area (Å²) in [7, 11) is 0. The summed E-state index contributed by atoms with van der Waals surface area (Å²) in [6.07, 6.45) is 1.43. The number of halogens is 1. The Kier molecular flexibility index (Phi) is 5.33. The topological polar surface area (TPSA) is 83.7 Å². The zero-order valence-corrected chi connectivity index (χ0v) is 11.0. The second kappa shape index (κ2) is 6.76. The number of benzene rings is 1. The number of rotatable bonds is 6. The molecule has 0 heterocycles. The van der Waals surface area contributed by atoms with Gasteiger partial charge in [-0.3, -0.25) is 14.9 Å². The highest BCUT2D eigenvalue weighted by molar-refractivity contribution is 5.95. The lowest BCUT2D eigenvalue weighted by Crippen LogP contribution is -2.34. The van der Waals surface area contributed by atoms with Crippen LogP contribution in [-0.4, -0.2) is 40.5 Å². The van der Waals surface area contributed by atoms with E-state index in [4.69, 9.17) is 5.11 Å². The minimum atomic E-state index is -0.799. The van der Waals surface area contributed by atoms with Crippen LogP contribution in [0.15, 0.2) is 24.8 Å². The van der Waals surface area contributed by atoms with Gasteiger partial charge in [-0.2, -0.15) is 0 Å². The van der Waals surface area contributed by atoms with Gasteiger partial charge in [-0.05, 0) is 12.5 Å². The third kappa shape index (κ3) is 3.39. The van der Waals surface area contributed by atoms with Gasteiger partial charge in [-0.25, -0.2) is 4.39 Å². The third-order valence-corrected chi connectivity index (χ3v) is 2.69. The van der Waals surface area contributed by atoms with E-state index in [0.717, 1.165) is 17.0 Å². The first-order chi connectivity index (χ1) is 9.42. The van der Waals surface area contributed by atoms with Crippen LogP contribution < -0.4 is 0 Å². The summed E-state index contributed by atoms with van der Waals surface area (Å²) in [6.45, 7) is 4.62. The van der Waals surface area contributed by atoms with Crippen LogP contribution in [0, 0.1) is 22.9 Å². The van der Waals surface area contributed by atoms with Crippen molar-refractivity contribution in [1.82, 2.24) is 4.90 Å². The first kappa shape index (κ1) is 15.8. The van der Waals surface area contributed by atoms with E-state index >= 15 is 0 Å². The van der Waals surface area contributed by atoms with Gasteiger partial charge in [0.2, 0.25) is 0 Å². The van der Waals surface area contributed by atoms with E-state index in [0.29, 0.717) is 0 Å². The molecule has 0 aromatic heterocycles. The fraction of sp³-hybridized carbons (Fsp3) is 0.308. The van der Waals surface area contributed by atoms with Crippen molar-refractivity contribution in [3.8, 4) is 0 Å². The number of hydrogen-bond acceptors (Lipinski definition) is 4. The Morgan fingerprint density at radius 2 is 2.25 bits per heavy atom. The molecule has 1 aromatic rings. The fourth-order valence-corrected chi connectivity index (χ4v) is 1.73. The second-order valence-electron chi connectivity index (χ2n) is 4.14. The van der Waals surface area contributed by atoms with Crippen molar-refractivity contribution in [3.05, 3.63) is 51.8 Å². The van der Waals surface area contributed by atoms with Gasteiger partial charge >= 0.3 is 0 Å². The highest BCUT2D eigenvalue weighted by atomic mass is 19.1. The molecule has 0 bridgehead atoms. The molecule has 0 unspecified atom stereocenters. The Morgan fingerprint density at radius 1 is 1.60 bits per heavy atom. The molecule has 7 heteroatoms. The van der Waals surface area contributed by atoms with E-state index < -0.39 is 16.6 Å². The molecule has 1 amide bonds. The van der Waals surface area contributed by atoms with E-state index in [1.165, 1.54) is 13.0 Å². The number of nitro benzene ring substituents is 1. The quantitative estimate of drug-likeness (QED) is 0.488. The van der Waals surface area contributed by atoms with Gasteiger partial charge < -0.3 is 10.0 Å². The highest BCUT2D eigenvalue weighted by Gasteiger charge is 2.23. The van der Waals surface area contributed by atoms with Crippen LogP contribution in [0.4, 0.5) is 10.1 Å². The molecule has 0 aliphatic carbocycles. The maximum absolute atomic E-state index is 14.0. The fourth-order valence-electron chi connectivity index (χ4n) is 1.73. The van der Waals surface area contributed by atoms with Gasteiger partial charge in [0.05, 0.1) is 17.1 Å². The van der Waals surface area contributed by atoms with Gasteiger partial charge in [0.1, 0.15) is 5.82 Å². The average Bonchev–Trinajstić information content (AvgIpc) is 2.40. The van der Waals surface area contributed by atoms with E-state index in [-0.39, 0.29) is 36.5 Å². The molecule has 0 saturated carbocycles. The first-order valence-electron chi connectivity index (χ1n) is 5.88. The standard InChI is InChI=1S/C13H15FN2O4/c1-3-4-15(5-6-17)13(18)11-8-10(16(19)20)7-9(2)12(11)14/h3,7-8,17H,1,4-6H2,2H3. The zero-order valence-electron chi connectivity index (χ0n) is 11.0. The number of aryl methyl sites for hydroxylation is 1. The molecule has 0 aliphatic rings. The van der Waals surface area contributed by atoms with Crippen molar-refractivity contribution in [1.29, 1.82) is 0 Å². The number of aliphatic hydroxyl groups excluding tert-OH is 1. The molecule has 0 radical (unpaired) electrons. The number of nitrogens with zero attached hydrogens (tertiary/aromatic N) is 2. The number of nitro groups is 1. The number of aliphatic hydroxyl groups is 1. The molecule has 1 N–H and O–H groups in total. The van der Waals surface area contributed by atoms with Crippen LogP contribution in [0.3, 0.4) is 0 Å². The molecule has 0 atom stereocenters. The van der Waals surface area contributed by atoms with Crippen molar-refractivity contribution >= 4 is 11.6 Å². The summed E-state index contributed by atoms with van der Waals surface area (Å²) in [5, 5.41) is 19.7.